The maximum absolute atomic E-state index is 10.7. The molecule has 1 aromatic rings. The minimum Gasteiger partial charge on any atom is -0.275 e. The van der Waals surface area contributed by atoms with Crippen molar-refractivity contribution in [1.29, 1.82) is 0 Å². The van der Waals surface area contributed by atoms with Crippen LogP contribution >= 0.6 is 34.8 Å². The molecule has 0 N–H and O–H groups in total. The van der Waals surface area contributed by atoms with Crippen molar-refractivity contribution in [2.24, 2.45) is 7.05 Å². The van der Waals surface area contributed by atoms with E-state index in [9.17, 15) is 4.79 Å². The van der Waals surface area contributed by atoms with E-state index in [-0.39, 0.29) is 16.0 Å². The SMILES string of the molecule is C[n+]1cc(C(=O)Cl)c(Cl)nc1Cl. The zero-order valence-corrected chi connectivity index (χ0v) is 8.28. The maximum Gasteiger partial charge on any atom is 0.397 e. The molecule has 6 heteroatoms. The quantitative estimate of drug-likeness (QED) is 0.315. The molecule has 12 heavy (non-hydrogen) atoms. The van der Waals surface area contributed by atoms with Crippen LogP contribution in [0.25, 0.3) is 0 Å². The Morgan fingerprint density at radius 3 is 2.67 bits per heavy atom. The van der Waals surface area contributed by atoms with Gasteiger partial charge in [-0.25, -0.2) is 4.57 Å². The zero-order chi connectivity index (χ0) is 9.30. The molecule has 0 amide bonds. The van der Waals surface area contributed by atoms with Gasteiger partial charge in [0.1, 0.15) is 11.8 Å². The second-order valence-electron chi connectivity index (χ2n) is 2.10. The van der Waals surface area contributed by atoms with Crippen LogP contribution in [0.15, 0.2) is 6.20 Å². The number of carbonyl (C=O) groups excluding carboxylic acids is 1. The first-order valence-electron chi connectivity index (χ1n) is 2.94. The van der Waals surface area contributed by atoms with Crippen LogP contribution in [0.2, 0.25) is 10.4 Å². The van der Waals surface area contributed by atoms with Crippen molar-refractivity contribution in [3.8, 4) is 0 Å². The van der Waals surface area contributed by atoms with Crippen molar-refractivity contribution >= 4 is 40.0 Å². The number of halogens is 3. The van der Waals surface area contributed by atoms with E-state index < -0.39 is 5.24 Å². The van der Waals surface area contributed by atoms with E-state index in [1.54, 1.807) is 7.05 Å². The molecular formula is C6H4Cl3N2O+. The minimum absolute atomic E-state index is 0.0121. The summed E-state index contributed by atoms with van der Waals surface area (Å²) in [6.07, 6.45) is 1.42. The third kappa shape index (κ3) is 1.86. The van der Waals surface area contributed by atoms with Gasteiger partial charge >= 0.3 is 5.28 Å². The maximum atomic E-state index is 10.7. The van der Waals surface area contributed by atoms with Crippen molar-refractivity contribution in [2.45, 2.75) is 0 Å². The van der Waals surface area contributed by atoms with Crippen molar-refractivity contribution in [2.75, 3.05) is 0 Å². The van der Waals surface area contributed by atoms with Crippen molar-refractivity contribution in [3.05, 3.63) is 22.2 Å². The van der Waals surface area contributed by atoms with Crippen molar-refractivity contribution < 1.29 is 9.36 Å². The van der Waals surface area contributed by atoms with Gasteiger partial charge in [-0.3, -0.25) is 4.79 Å². The van der Waals surface area contributed by atoms with Gasteiger partial charge in [0.15, 0.2) is 0 Å². The molecule has 0 radical (unpaired) electrons. The van der Waals surface area contributed by atoms with E-state index in [0.29, 0.717) is 0 Å². The summed E-state index contributed by atoms with van der Waals surface area (Å²) in [7, 11) is 1.63. The van der Waals surface area contributed by atoms with Gasteiger partial charge in [0.25, 0.3) is 10.4 Å². The van der Waals surface area contributed by atoms with Gasteiger partial charge in [0.2, 0.25) is 0 Å². The Morgan fingerprint density at radius 1 is 1.58 bits per heavy atom. The van der Waals surface area contributed by atoms with Gasteiger partial charge in [0.05, 0.1) is 7.05 Å². The second kappa shape index (κ2) is 3.56. The monoisotopic (exact) mass is 225 g/mol. The number of nitrogens with zero attached hydrogens (tertiary/aromatic N) is 2. The van der Waals surface area contributed by atoms with Gasteiger partial charge in [-0.1, -0.05) is 0 Å². The average Bonchev–Trinajstić information content (AvgIpc) is 1.96. The lowest BCUT2D eigenvalue weighted by Crippen LogP contribution is -2.31. The summed E-state index contributed by atoms with van der Waals surface area (Å²) in [6, 6.07) is 0. The zero-order valence-electron chi connectivity index (χ0n) is 6.01. The van der Waals surface area contributed by atoms with Crippen LogP contribution in [-0.4, -0.2) is 10.2 Å². The fourth-order valence-corrected chi connectivity index (χ4v) is 1.23. The predicted octanol–water partition coefficient (Wildman–Crippen LogP) is 1.59. The number of hydrogen-bond acceptors (Lipinski definition) is 2. The van der Waals surface area contributed by atoms with Crippen LogP contribution in [0.3, 0.4) is 0 Å². The third-order valence-electron chi connectivity index (χ3n) is 1.24. The van der Waals surface area contributed by atoms with E-state index >= 15 is 0 Å². The molecule has 64 valence electrons. The molecule has 1 aromatic heterocycles. The number of rotatable bonds is 1. The van der Waals surface area contributed by atoms with E-state index in [0.717, 1.165) is 0 Å². The topological polar surface area (TPSA) is 33.8 Å². The number of aromatic nitrogens is 2. The van der Waals surface area contributed by atoms with Crippen LogP contribution in [-0.2, 0) is 7.05 Å². The Hall–Kier alpha value is -0.380. The lowest BCUT2D eigenvalue weighted by molar-refractivity contribution is -0.672. The van der Waals surface area contributed by atoms with Gasteiger partial charge in [-0.05, 0) is 28.2 Å². The summed E-state index contributed by atoms with van der Waals surface area (Å²) in [6.45, 7) is 0. The fourth-order valence-electron chi connectivity index (χ4n) is 0.652. The summed E-state index contributed by atoms with van der Waals surface area (Å²) in [5.74, 6) is 0. The van der Waals surface area contributed by atoms with Crippen LogP contribution in [0, 0.1) is 0 Å². The molecule has 0 saturated heterocycles. The third-order valence-corrected chi connectivity index (χ3v) is 2.08. The van der Waals surface area contributed by atoms with Gasteiger partial charge in [-0.2, -0.15) is 0 Å². The molecule has 0 aliphatic rings. The molecule has 0 saturated carbocycles. The smallest absolute Gasteiger partial charge is 0.275 e. The fraction of sp³-hybridized carbons (Fsp3) is 0.167. The molecule has 0 aliphatic heterocycles. The van der Waals surface area contributed by atoms with Crippen LogP contribution in [0.4, 0.5) is 0 Å². The number of carbonyl (C=O) groups is 1. The van der Waals surface area contributed by atoms with Crippen molar-refractivity contribution in [1.82, 2.24) is 4.98 Å². The highest BCUT2D eigenvalue weighted by atomic mass is 35.5. The Kier molecular flexibility index (Phi) is 2.88. The van der Waals surface area contributed by atoms with Gasteiger partial charge < -0.3 is 0 Å². The first kappa shape index (κ1) is 9.71. The summed E-state index contributed by atoms with van der Waals surface area (Å²) in [4.78, 5) is 14.4. The Labute approximate surface area is 83.9 Å². The molecule has 3 nitrogen and oxygen atoms in total. The normalized spacial score (nSPS) is 10.0. The molecule has 0 spiro atoms. The highest BCUT2D eigenvalue weighted by Gasteiger charge is 2.18. The lowest BCUT2D eigenvalue weighted by Gasteiger charge is -1.94. The molecule has 0 atom stereocenters. The molecule has 0 unspecified atom stereocenters. The standard InChI is InChI=1S/C6H4Cl3N2O/c1-11-2-3(5(8)12)4(7)10-6(11)9/h2H,1H3/q+1. The Balaban J connectivity index is 3.33. The molecule has 0 aromatic carbocycles. The molecule has 1 rings (SSSR count). The minimum atomic E-state index is -0.653. The predicted molar refractivity (Wildman–Crippen MR) is 45.6 cm³/mol. The van der Waals surface area contributed by atoms with E-state index in [4.69, 9.17) is 34.8 Å². The summed E-state index contributed by atoms with van der Waals surface area (Å²) >= 11 is 16.4. The van der Waals surface area contributed by atoms with E-state index in [2.05, 4.69) is 4.98 Å². The molecule has 0 bridgehead atoms. The lowest BCUT2D eigenvalue weighted by atomic mass is 10.4. The second-order valence-corrected chi connectivity index (χ2v) is 3.14. The number of hydrogen-bond donors (Lipinski definition) is 0. The van der Waals surface area contributed by atoms with E-state index in [1.165, 1.54) is 10.8 Å². The summed E-state index contributed by atoms with van der Waals surface area (Å²) < 4.78 is 1.45. The Bertz CT molecular complexity index is 340. The molecule has 0 fully saturated rings. The first-order valence-corrected chi connectivity index (χ1v) is 4.07. The summed E-state index contributed by atoms with van der Waals surface area (Å²) in [5.41, 5.74) is 0.144. The summed E-state index contributed by atoms with van der Waals surface area (Å²) in [5, 5.41) is -0.445. The van der Waals surface area contributed by atoms with Gasteiger partial charge in [0, 0.05) is 11.6 Å². The number of aryl methyl sites for hydroxylation is 1. The highest BCUT2D eigenvalue weighted by molar-refractivity contribution is 6.68. The Morgan fingerprint density at radius 2 is 2.17 bits per heavy atom. The van der Waals surface area contributed by atoms with Crippen LogP contribution < -0.4 is 4.57 Å². The van der Waals surface area contributed by atoms with Crippen LogP contribution in [0.1, 0.15) is 10.4 Å². The van der Waals surface area contributed by atoms with Gasteiger partial charge in [-0.15, -0.1) is 0 Å². The van der Waals surface area contributed by atoms with E-state index in [1.807, 2.05) is 0 Å². The molecule has 1 heterocycles. The first-order chi connectivity index (χ1) is 5.52. The molecule has 0 aliphatic carbocycles. The largest absolute Gasteiger partial charge is 0.397 e. The van der Waals surface area contributed by atoms with Crippen molar-refractivity contribution in [3.63, 3.8) is 0 Å². The average molecular weight is 226 g/mol. The highest BCUT2D eigenvalue weighted by Crippen LogP contribution is 2.14. The van der Waals surface area contributed by atoms with Crippen LogP contribution in [0.5, 0.6) is 0 Å². The molecular weight excluding hydrogens is 222 g/mol.